The van der Waals surface area contributed by atoms with Crippen LogP contribution in [-0.4, -0.2) is 36.3 Å². The Balaban J connectivity index is 2.00. The number of methoxy groups -OCH3 is 1. The minimum Gasteiger partial charge on any atom is -0.496 e. The first kappa shape index (κ1) is 25.1. The molecule has 4 aromatic rings. The summed E-state index contributed by atoms with van der Waals surface area (Å²) in [6.45, 7) is 5.78. The van der Waals surface area contributed by atoms with Gasteiger partial charge in [-0.25, -0.2) is 17.6 Å². The number of hydrogen-bond acceptors (Lipinski definition) is 6. The van der Waals surface area contributed by atoms with E-state index in [0.717, 1.165) is 16.9 Å². The first-order chi connectivity index (χ1) is 16.8. The monoisotopic (exact) mass is 512 g/mol. The number of pyridine rings is 1. The van der Waals surface area contributed by atoms with Crippen molar-refractivity contribution < 1.29 is 17.5 Å². The van der Waals surface area contributed by atoms with Gasteiger partial charge in [0.2, 0.25) is 10.0 Å². The molecule has 188 valence electrons. The minimum absolute atomic E-state index is 0.0539. The molecule has 0 unspecified atom stereocenters. The second-order valence-corrected chi connectivity index (χ2v) is 11.1. The Kier molecular flexibility index (Phi) is 6.21. The van der Waals surface area contributed by atoms with Crippen molar-refractivity contribution >= 4 is 26.5 Å². The van der Waals surface area contributed by atoms with Crippen LogP contribution in [0.2, 0.25) is 0 Å². The third kappa shape index (κ3) is 4.87. The van der Waals surface area contributed by atoms with Crippen LogP contribution in [0.5, 0.6) is 5.75 Å². The van der Waals surface area contributed by atoms with E-state index in [4.69, 9.17) is 4.74 Å². The van der Waals surface area contributed by atoms with Gasteiger partial charge in [0.15, 0.2) is 5.82 Å². The molecule has 2 heterocycles. The molecule has 0 amide bonds. The van der Waals surface area contributed by atoms with Gasteiger partial charge in [0.05, 0.1) is 30.3 Å². The molecule has 0 atom stereocenters. The summed E-state index contributed by atoms with van der Waals surface area (Å²) in [6, 6.07) is 9.24. The van der Waals surface area contributed by atoms with Crippen LogP contribution in [0.25, 0.3) is 27.7 Å². The molecule has 0 radical (unpaired) electrons. The zero-order valence-electron chi connectivity index (χ0n) is 20.3. The van der Waals surface area contributed by atoms with Crippen molar-refractivity contribution in [3.05, 3.63) is 81.0 Å². The fourth-order valence-corrected chi connectivity index (χ4v) is 4.52. The molecular weight excluding hydrogens is 487 g/mol. The molecule has 2 aromatic heterocycles. The molecule has 36 heavy (non-hydrogen) atoms. The second kappa shape index (κ2) is 8.90. The fourth-order valence-electron chi connectivity index (χ4n) is 3.96. The second-order valence-electron chi connectivity index (χ2n) is 9.40. The number of H-pyrrole nitrogens is 1. The third-order valence-electron chi connectivity index (χ3n) is 5.57. The fraction of sp³-hybridized carbons (Fsp3) is 0.240. The van der Waals surface area contributed by atoms with E-state index in [0.29, 0.717) is 22.0 Å². The highest BCUT2D eigenvalue weighted by molar-refractivity contribution is 7.92. The maximum Gasteiger partial charge on any atom is 0.333 e. The maximum absolute atomic E-state index is 16.1. The predicted octanol–water partition coefficient (Wildman–Crippen LogP) is 3.56. The summed E-state index contributed by atoms with van der Waals surface area (Å²) in [4.78, 5) is 30.7. The van der Waals surface area contributed by atoms with E-state index in [-0.39, 0.29) is 22.7 Å². The Morgan fingerprint density at radius 2 is 1.81 bits per heavy atom. The molecule has 0 fully saturated rings. The number of aromatic nitrogens is 3. The van der Waals surface area contributed by atoms with Crippen LogP contribution in [0.4, 0.5) is 10.1 Å². The number of halogens is 1. The van der Waals surface area contributed by atoms with Gasteiger partial charge in [0.25, 0.3) is 5.56 Å². The quantitative estimate of drug-likeness (QED) is 0.422. The highest BCUT2D eigenvalue weighted by Gasteiger charge is 2.28. The van der Waals surface area contributed by atoms with E-state index in [9.17, 15) is 18.0 Å². The van der Waals surface area contributed by atoms with E-state index in [1.807, 2.05) is 20.8 Å². The average molecular weight is 513 g/mol. The van der Waals surface area contributed by atoms with E-state index in [1.54, 1.807) is 24.3 Å². The molecule has 4 rings (SSSR count). The smallest absolute Gasteiger partial charge is 0.333 e. The first-order valence-corrected chi connectivity index (χ1v) is 12.8. The molecule has 0 aliphatic heterocycles. The number of nitrogens with zero attached hydrogens (tertiary/aromatic N) is 2. The Bertz CT molecular complexity index is 1720. The lowest BCUT2D eigenvalue weighted by Gasteiger charge is -2.26. The summed E-state index contributed by atoms with van der Waals surface area (Å²) >= 11 is 0. The first-order valence-electron chi connectivity index (χ1n) is 10.9. The SMILES string of the molecule is COc1c(C(C)(C)C)cc(-n2ccc(=O)[nH]c2=O)c(F)c1-c1cc2ccc(NS(C)(=O)=O)cc2cn1. The van der Waals surface area contributed by atoms with Crippen LogP contribution in [0.15, 0.2) is 58.4 Å². The lowest BCUT2D eigenvalue weighted by atomic mass is 9.84. The zero-order chi connectivity index (χ0) is 26.4. The number of fused-ring (bicyclic) bond motifs is 1. The van der Waals surface area contributed by atoms with Gasteiger partial charge in [-0.15, -0.1) is 0 Å². The summed E-state index contributed by atoms with van der Waals surface area (Å²) in [5, 5.41) is 1.32. The topological polar surface area (TPSA) is 123 Å². The normalized spacial score (nSPS) is 12.1. The lowest BCUT2D eigenvalue weighted by molar-refractivity contribution is 0.395. The van der Waals surface area contributed by atoms with Gasteiger partial charge < -0.3 is 4.74 Å². The predicted molar refractivity (Wildman–Crippen MR) is 137 cm³/mol. The van der Waals surface area contributed by atoms with Crippen molar-refractivity contribution in [2.45, 2.75) is 26.2 Å². The maximum atomic E-state index is 16.1. The number of nitrogens with one attached hydrogen (secondary N) is 2. The molecule has 0 aliphatic rings. The third-order valence-corrected chi connectivity index (χ3v) is 6.18. The van der Waals surface area contributed by atoms with E-state index < -0.39 is 32.5 Å². The summed E-state index contributed by atoms with van der Waals surface area (Å²) in [6.07, 6.45) is 3.78. The van der Waals surface area contributed by atoms with Crippen LogP contribution >= 0.6 is 0 Å². The molecule has 0 aliphatic carbocycles. The summed E-state index contributed by atoms with van der Waals surface area (Å²) in [5.74, 6) is -0.486. The Morgan fingerprint density at radius 3 is 2.42 bits per heavy atom. The standard InChI is InChI=1S/C25H25FN4O5S/c1-25(2,3)17-12-19(30-9-8-20(31)28-24(30)32)22(26)21(23(17)35-4)18-11-14-6-7-16(29-36(5,33)34)10-15(14)13-27-18/h6-13,29H,1-5H3,(H,28,31,32). The number of benzene rings is 2. The molecule has 2 aromatic carbocycles. The van der Waals surface area contributed by atoms with Gasteiger partial charge in [-0.05, 0) is 35.1 Å². The molecule has 2 N–H and O–H groups in total. The lowest BCUT2D eigenvalue weighted by Crippen LogP contribution is -2.28. The Hall–Kier alpha value is -3.99. The summed E-state index contributed by atoms with van der Waals surface area (Å²) in [5.41, 5.74) is -0.633. The Labute approximate surface area is 206 Å². The highest BCUT2D eigenvalue weighted by Crippen LogP contribution is 2.43. The summed E-state index contributed by atoms with van der Waals surface area (Å²) < 4.78 is 48.4. The average Bonchev–Trinajstić information content (AvgIpc) is 2.77. The van der Waals surface area contributed by atoms with Crippen molar-refractivity contribution in [3.63, 3.8) is 0 Å². The molecule has 0 saturated carbocycles. The van der Waals surface area contributed by atoms with Crippen LogP contribution in [0.3, 0.4) is 0 Å². The molecule has 0 spiro atoms. The van der Waals surface area contributed by atoms with Crippen molar-refractivity contribution in [1.29, 1.82) is 0 Å². The molecule has 11 heteroatoms. The van der Waals surface area contributed by atoms with Crippen LogP contribution in [0.1, 0.15) is 26.3 Å². The number of sulfonamides is 1. The van der Waals surface area contributed by atoms with Crippen molar-refractivity contribution in [2.24, 2.45) is 0 Å². The van der Waals surface area contributed by atoms with Gasteiger partial charge >= 0.3 is 5.69 Å². The van der Waals surface area contributed by atoms with Crippen LogP contribution < -0.4 is 20.7 Å². The minimum atomic E-state index is -3.45. The van der Waals surface area contributed by atoms with Gasteiger partial charge in [-0.2, -0.15) is 0 Å². The number of anilines is 1. The van der Waals surface area contributed by atoms with Crippen molar-refractivity contribution in [1.82, 2.24) is 14.5 Å². The number of hydrogen-bond donors (Lipinski definition) is 2. The van der Waals surface area contributed by atoms with Gasteiger partial charge in [-0.3, -0.25) is 24.1 Å². The number of ether oxygens (including phenoxy) is 1. The molecule has 0 saturated heterocycles. The largest absolute Gasteiger partial charge is 0.496 e. The van der Waals surface area contributed by atoms with Crippen LogP contribution in [-0.2, 0) is 15.4 Å². The highest BCUT2D eigenvalue weighted by atomic mass is 32.2. The van der Waals surface area contributed by atoms with Gasteiger partial charge in [-0.1, -0.05) is 26.8 Å². The van der Waals surface area contributed by atoms with E-state index >= 15 is 4.39 Å². The zero-order valence-corrected chi connectivity index (χ0v) is 21.2. The van der Waals surface area contributed by atoms with Crippen molar-refractivity contribution in [2.75, 3.05) is 18.1 Å². The Morgan fingerprint density at radius 1 is 1.08 bits per heavy atom. The molecular formula is C25H25FN4O5S. The van der Waals surface area contributed by atoms with E-state index in [1.165, 1.54) is 25.6 Å². The van der Waals surface area contributed by atoms with Gasteiger partial charge in [0.1, 0.15) is 5.75 Å². The van der Waals surface area contributed by atoms with Crippen molar-refractivity contribution in [3.8, 4) is 22.7 Å². The van der Waals surface area contributed by atoms with E-state index in [2.05, 4.69) is 14.7 Å². The molecule has 0 bridgehead atoms. The summed E-state index contributed by atoms with van der Waals surface area (Å²) in [7, 11) is -2.02. The van der Waals surface area contributed by atoms with Gasteiger partial charge in [0, 0.05) is 35.1 Å². The molecule has 9 nitrogen and oxygen atoms in total. The number of aromatic amines is 1. The number of rotatable bonds is 5. The van der Waals surface area contributed by atoms with Crippen LogP contribution in [0, 0.1) is 5.82 Å².